The molecule has 1 fully saturated rings. The molecule has 1 aliphatic rings. The van der Waals surface area contributed by atoms with E-state index in [0.717, 1.165) is 13.1 Å². The molecule has 0 saturated carbocycles. The predicted octanol–water partition coefficient (Wildman–Crippen LogP) is 1.96. The van der Waals surface area contributed by atoms with E-state index in [2.05, 4.69) is 25.7 Å². The minimum absolute atomic E-state index is 0.104. The molecule has 0 radical (unpaired) electrons. The lowest BCUT2D eigenvalue weighted by Gasteiger charge is -2.42. The maximum Gasteiger partial charge on any atom is 0.256 e. The number of piperazine rings is 1. The second-order valence-corrected chi connectivity index (χ2v) is 6.18. The lowest BCUT2D eigenvalue weighted by atomic mass is 10.0. The van der Waals surface area contributed by atoms with Gasteiger partial charge in [-0.3, -0.25) is 9.69 Å². The average Bonchev–Trinajstić information content (AvgIpc) is 2.40. The van der Waals surface area contributed by atoms with Crippen LogP contribution in [0.15, 0.2) is 18.2 Å². The van der Waals surface area contributed by atoms with E-state index >= 15 is 0 Å². The summed E-state index contributed by atoms with van der Waals surface area (Å²) in [7, 11) is 0. The normalized spacial score (nSPS) is 17.3. The summed E-state index contributed by atoms with van der Waals surface area (Å²) in [5.74, 6) is -0.619. The van der Waals surface area contributed by atoms with Gasteiger partial charge in [0.05, 0.1) is 5.56 Å². The van der Waals surface area contributed by atoms with Crippen LogP contribution in [-0.4, -0.2) is 47.4 Å². The van der Waals surface area contributed by atoms with E-state index in [4.69, 9.17) is 5.73 Å². The van der Waals surface area contributed by atoms with Crippen molar-refractivity contribution >= 4 is 11.6 Å². The quantitative estimate of drug-likeness (QED) is 0.800. The molecule has 0 aliphatic carbocycles. The number of benzene rings is 1. The van der Waals surface area contributed by atoms with Crippen LogP contribution in [0.5, 0.6) is 0 Å². The molecular formula is C15H22FN3O. The van der Waals surface area contributed by atoms with E-state index in [-0.39, 0.29) is 17.0 Å². The van der Waals surface area contributed by atoms with Gasteiger partial charge in [-0.05, 0) is 39.0 Å². The van der Waals surface area contributed by atoms with Crippen LogP contribution in [-0.2, 0) is 0 Å². The number of nitrogens with zero attached hydrogens (tertiary/aromatic N) is 2. The molecule has 4 nitrogen and oxygen atoms in total. The molecular weight excluding hydrogens is 257 g/mol. The number of carbonyl (C=O) groups is 1. The van der Waals surface area contributed by atoms with Gasteiger partial charge in [0.15, 0.2) is 0 Å². The van der Waals surface area contributed by atoms with Gasteiger partial charge < -0.3 is 10.6 Å². The van der Waals surface area contributed by atoms with E-state index in [1.54, 1.807) is 4.90 Å². The second-order valence-electron chi connectivity index (χ2n) is 6.18. The Hall–Kier alpha value is -1.62. The number of carbonyl (C=O) groups excluding carboxylic acids is 1. The molecule has 0 bridgehead atoms. The van der Waals surface area contributed by atoms with E-state index in [0.29, 0.717) is 18.8 Å². The number of nitrogens with two attached hydrogens (primary N) is 1. The van der Waals surface area contributed by atoms with Crippen molar-refractivity contribution in [1.82, 2.24) is 9.80 Å². The molecule has 1 aromatic rings. The Labute approximate surface area is 119 Å². The first-order chi connectivity index (χ1) is 9.29. The first-order valence-electron chi connectivity index (χ1n) is 6.88. The van der Waals surface area contributed by atoms with Crippen molar-refractivity contribution in [2.45, 2.75) is 26.3 Å². The van der Waals surface area contributed by atoms with Gasteiger partial charge in [0, 0.05) is 37.4 Å². The van der Waals surface area contributed by atoms with Crippen LogP contribution in [0.2, 0.25) is 0 Å². The highest BCUT2D eigenvalue weighted by Crippen LogP contribution is 2.20. The Morgan fingerprint density at radius 1 is 1.20 bits per heavy atom. The van der Waals surface area contributed by atoms with Gasteiger partial charge in [-0.1, -0.05) is 0 Å². The summed E-state index contributed by atoms with van der Waals surface area (Å²) in [5, 5.41) is 0. The summed E-state index contributed by atoms with van der Waals surface area (Å²) in [6.45, 7) is 9.42. The molecule has 1 heterocycles. The highest BCUT2D eigenvalue weighted by Gasteiger charge is 2.28. The van der Waals surface area contributed by atoms with Crippen molar-refractivity contribution in [1.29, 1.82) is 0 Å². The highest BCUT2D eigenvalue weighted by atomic mass is 19.1. The minimum Gasteiger partial charge on any atom is -0.398 e. The fraction of sp³-hybridized carbons (Fsp3) is 0.533. The van der Waals surface area contributed by atoms with Crippen molar-refractivity contribution < 1.29 is 9.18 Å². The Morgan fingerprint density at radius 3 is 2.35 bits per heavy atom. The van der Waals surface area contributed by atoms with Gasteiger partial charge in [0.1, 0.15) is 5.82 Å². The minimum atomic E-state index is -0.434. The molecule has 20 heavy (non-hydrogen) atoms. The molecule has 0 atom stereocenters. The van der Waals surface area contributed by atoms with Crippen molar-refractivity contribution in [3.8, 4) is 0 Å². The van der Waals surface area contributed by atoms with Crippen molar-refractivity contribution in [2.75, 3.05) is 31.9 Å². The third-order valence-corrected chi connectivity index (χ3v) is 3.76. The first-order valence-corrected chi connectivity index (χ1v) is 6.88. The van der Waals surface area contributed by atoms with Gasteiger partial charge in [0.2, 0.25) is 0 Å². The van der Waals surface area contributed by atoms with Gasteiger partial charge in [-0.2, -0.15) is 0 Å². The van der Waals surface area contributed by atoms with E-state index in [1.807, 2.05) is 0 Å². The van der Waals surface area contributed by atoms with E-state index in [1.165, 1.54) is 18.2 Å². The van der Waals surface area contributed by atoms with Crippen LogP contribution in [0.4, 0.5) is 10.1 Å². The standard InChI is InChI=1S/C15H22FN3O/c1-15(2,3)19-8-6-18(7-9-19)14(20)12-10-11(16)4-5-13(12)17/h4-5,10H,6-9,17H2,1-3H3. The van der Waals surface area contributed by atoms with Crippen molar-refractivity contribution in [3.63, 3.8) is 0 Å². The maximum atomic E-state index is 13.3. The van der Waals surface area contributed by atoms with Crippen LogP contribution in [0.1, 0.15) is 31.1 Å². The van der Waals surface area contributed by atoms with Crippen molar-refractivity contribution in [3.05, 3.63) is 29.6 Å². The molecule has 110 valence electrons. The number of nitrogen functional groups attached to an aromatic ring is 1. The first kappa shape index (κ1) is 14.8. The third kappa shape index (κ3) is 3.10. The molecule has 0 spiro atoms. The van der Waals surface area contributed by atoms with Gasteiger partial charge in [-0.15, -0.1) is 0 Å². The number of amides is 1. The molecule has 1 aliphatic heterocycles. The molecule has 5 heteroatoms. The summed E-state index contributed by atoms with van der Waals surface area (Å²) in [6, 6.07) is 3.92. The van der Waals surface area contributed by atoms with Crippen LogP contribution < -0.4 is 5.73 Å². The summed E-state index contributed by atoms with van der Waals surface area (Å²) in [6.07, 6.45) is 0. The smallest absolute Gasteiger partial charge is 0.256 e. The molecule has 2 rings (SSSR count). The fourth-order valence-corrected chi connectivity index (χ4v) is 2.46. The van der Waals surface area contributed by atoms with Crippen LogP contribution in [0.3, 0.4) is 0 Å². The lowest BCUT2D eigenvalue weighted by Crippen LogP contribution is -2.54. The Morgan fingerprint density at radius 2 is 1.80 bits per heavy atom. The van der Waals surface area contributed by atoms with Crippen LogP contribution in [0, 0.1) is 5.82 Å². The highest BCUT2D eigenvalue weighted by molar-refractivity contribution is 5.99. The monoisotopic (exact) mass is 279 g/mol. The predicted molar refractivity (Wildman–Crippen MR) is 78.0 cm³/mol. The zero-order valence-electron chi connectivity index (χ0n) is 12.3. The number of rotatable bonds is 1. The van der Waals surface area contributed by atoms with Crippen molar-refractivity contribution in [2.24, 2.45) is 0 Å². The van der Waals surface area contributed by atoms with Crippen LogP contribution in [0.25, 0.3) is 0 Å². The number of hydrogen-bond donors (Lipinski definition) is 1. The molecule has 0 unspecified atom stereocenters. The summed E-state index contributed by atoms with van der Waals surface area (Å²) >= 11 is 0. The summed E-state index contributed by atoms with van der Waals surface area (Å²) in [5.41, 5.74) is 6.46. The third-order valence-electron chi connectivity index (χ3n) is 3.76. The molecule has 1 aromatic carbocycles. The zero-order valence-corrected chi connectivity index (χ0v) is 12.3. The second kappa shape index (κ2) is 5.40. The molecule has 1 amide bonds. The maximum absolute atomic E-state index is 13.3. The zero-order chi connectivity index (χ0) is 14.9. The van der Waals surface area contributed by atoms with Crippen LogP contribution >= 0.6 is 0 Å². The van der Waals surface area contributed by atoms with Gasteiger partial charge in [-0.25, -0.2) is 4.39 Å². The fourth-order valence-electron chi connectivity index (χ4n) is 2.46. The molecule has 0 aromatic heterocycles. The Kier molecular flexibility index (Phi) is 3.99. The molecule has 1 saturated heterocycles. The summed E-state index contributed by atoms with van der Waals surface area (Å²) < 4.78 is 13.3. The average molecular weight is 279 g/mol. The summed E-state index contributed by atoms with van der Waals surface area (Å²) in [4.78, 5) is 16.5. The lowest BCUT2D eigenvalue weighted by molar-refractivity contribution is 0.0451. The SMILES string of the molecule is CC(C)(C)N1CCN(C(=O)c2cc(F)ccc2N)CC1. The molecule has 2 N–H and O–H groups in total. The Bertz CT molecular complexity index is 502. The topological polar surface area (TPSA) is 49.6 Å². The van der Waals surface area contributed by atoms with Gasteiger partial charge in [0.25, 0.3) is 5.91 Å². The Balaban J connectivity index is 2.07. The largest absolute Gasteiger partial charge is 0.398 e. The van der Waals surface area contributed by atoms with E-state index < -0.39 is 5.82 Å². The van der Waals surface area contributed by atoms with Gasteiger partial charge >= 0.3 is 0 Å². The number of hydrogen-bond acceptors (Lipinski definition) is 3. The van der Waals surface area contributed by atoms with E-state index in [9.17, 15) is 9.18 Å². The number of halogens is 1. The number of anilines is 1.